The van der Waals surface area contributed by atoms with Crippen molar-refractivity contribution < 1.29 is 0 Å². The molecule has 0 fully saturated rings. The number of hydrogen-bond acceptors (Lipinski definition) is 4. The van der Waals surface area contributed by atoms with Gasteiger partial charge in [0.25, 0.3) is 0 Å². The zero-order valence-electron chi connectivity index (χ0n) is 6.02. The molecule has 0 aliphatic heterocycles. The molecule has 0 saturated carbocycles. The Morgan fingerprint density at radius 2 is 2.25 bits per heavy atom. The third-order valence-electron chi connectivity index (χ3n) is 1.38. The van der Waals surface area contributed by atoms with Gasteiger partial charge in [0.2, 0.25) is 0 Å². The minimum atomic E-state index is -0.332. The van der Waals surface area contributed by atoms with E-state index in [1.54, 1.807) is 12.3 Å². The summed E-state index contributed by atoms with van der Waals surface area (Å²) in [6.07, 6.45) is 3.17. The van der Waals surface area contributed by atoms with E-state index >= 15 is 0 Å². The molecule has 0 aliphatic rings. The Morgan fingerprint density at radius 3 is 2.92 bits per heavy atom. The van der Waals surface area contributed by atoms with Crippen molar-refractivity contribution in [2.24, 2.45) is 0 Å². The monoisotopic (exact) mass is 179 g/mol. The zero-order chi connectivity index (χ0) is 8.39. The molecule has 1 N–H and O–H groups in total. The van der Waals surface area contributed by atoms with E-state index in [1.165, 1.54) is 17.7 Å². The van der Waals surface area contributed by atoms with Crippen LogP contribution in [0.5, 0.6) is 0 Å². The largest absolute Gasteiger partial charge is 0.345 e. The van der Waals surface area contributed by atoms with Gasteiger partial charge in [0, 0.05) is 12.4 Å². The van der Waals surface area contributed by atoms with E-state index in [-0.39, 0.29) is 5.69 Å². The molecule has 2 heterocycles. The molecule has 0 amide bonds. The molecule has 0 aliphatic carbocycles. The Kier molecular flexibility index (Phi) is 1.71. The highest BCUT2D eigenvalue weighted by molar-refractivity contribution is 7.09. The predicted molar refractivity (Wildman–Crippen MR) is 46.0 cm³/mol. The van der Waals surface area contributed by atoms with Gasteiger partial charge in [-0.15, -0.1) is 0 Å². The summed E-state index contributed by atoms with van der Waals surface area (Å²) in [5.41, 5.74) is 0.429. The zero-order valence-corrected chi connectivity index (χ0v) is 6.84. The lowest BCUT2D eigenvalue weighted by atomic mass is 10.3. The summed E-state index contributed by atoms with van der Waals surface area (Å²) in [5.74, 6) is 0. The Morgan fingerprint density at radius 1 is 1.33 bits per heavy atom. The van der Waals surface area contributed by atoms with E-state index in [0.717, 1.165) is 10.6 Å². The first-order valence-corrected chi connectivity index (χ1v) is 4.10. The highest BCUT2D eigenvalue weighted by Crippen LogP contribution is 2.17. The number of nitrogens with one attached hydrogen (secondary N) is 1. The number of H-pyrrole nitrogens is 1. The van der Waals surface area contributed by atoms with Gasteiger partial charge in [0.1, 0.15) is 0 Å². The van der Waals surface area contributed by atoms with E-state index in [9.17, 15) is 4.79 Å². The van der Waals surface area contributed by atoms with Crippen molar-refractivity contribution in [1.82, 2.24) is 14.3 Å². The summed E-state index contributed by atoms with van der Waals surface area (Å²) in [6, 6.07) is 3.59. The number of nitrogens with zero attached hydrogens (tertiary/aromatic N) is 2. The lowest BCUT2D eigenvalue weighted by Crippen LogP contribution is -2.08. The van der Waals surface area contributed by atoms with Crippen molar-refractivity contribution in [2.45, 2.75) is 0 Å². The maximum absolute atomic E-state index is 10.8. The van der Waals surface area contributed by atoms with Gasteiger partial charge in [-0.2, -0.15) is 0 Å². The van der Waals surface area contributed by atoms with Gasteiger partial charge in [0.05, 0.1) is 10.6 Å². The maximum Gasteiger partial charge on any atom is 0.345 e. The molecule has 0 bridgehead atoms. The van der Waals surface area contributed by atoms with Gasteiger partial charge in [-0.05, 0) is 23.7 Å². The SMILES string of the molecule is O=c1nccc(-c2ccns2)[nH]1. The molecule has 2 aromatic heterocycles. The van der Waals surface area contributed by atoms with Crippen LogP contribution in [0, 0.1) is 0 Å². The summed E-state index contributed by atoms with van der Waals surface area (Å²) in [6.45, 7) is 0. The van der Waals surface area contributed by atoms with Crippen molar-refractivity contribution in [3.05, 3.63) is 35.0 Å². The number of aromatic amines is 1. The molecule has 2 rings (SSSR count). The molecule has 4 nitrogen and oxygen atoms in total. The van der Waals surface area contributed by atoms with Gasteiger partial charge < -0.3 is 4.98 Å². The van der Waals surface area contributed by atoms with Crippen LogP contribution in [-0.2, 0) is 0 Å². The molecule has 0 saturated heterocycles. The van der Waals surface area contributed by atoms with Crippen LogP contribution in [0.3, 0.4) is 0 Å². The first-order valence-electron chi connectivity index (χ1n) is 3.32. The van der Waals surface area contributed by atoms with Crippen molar-refractivity contribution in [1.29, 1.82) is 0 Å². The highest BCUT2D eigenvalue weighted by Gasteiger charge is 1.98. The van der Waals surface area contributed by atoms with E-state index in [1.807, 2.05) is 6.07 Å². The Bertz CT molecular complexity index is 420. The van der Waals surface area contributed by atoms with Gasteiger partial charge in [-0.3, -0.25) is 0 Å². The molecule has 0 atom stereocenters. The average molecular weight is 179 g/mol. The molecule has 12 heavy (non-hydrogen) atoms. The standard InChI is InChI=1S/C7H5N3OS/c11-7-8-3-1-5(10-7)6-2-4-9-12-6/h1-4H,(H,8,10,11). The van der Waals surface area contributed by atoms with Crippen LogP contribution in [0.1, 0.15) is 0 Å². The second kappa shape index (κ2) is 2.86. The number of hydrogen-bond donors (Lipinski definition) is 1. The molecule has 0 spiro atoms. The summed E-state index contributed by atoms with van der Waals surface area (Å²) in [4.78, 5) is 17.9. The first kappa shape index (κ1) is 7.17. The summed E-state index contributed by atoms with van der Waals surface area (Å²) < 4.78 is 3.93. The van der Waals surface area contributed by atoms with Crippen molar-refractivity contribution >= 4 is 11.5 Å². The van der Waals surface area contributed by atoms with Crippen molar-refractivity contribution in [3.8, 4) is 10.6 Å². The Balaban J connectivity index is 2.55. The second-order valence-corrected chi connectivity index (χ2v) is 3.00. The van der Waals surface area contributed by atoms with E-state index in [0.29, 0.717) is 0 Å². The van der Waals surface area contributed by atoms with E-state index in [4.69, 9.17) is 0 Å². The maximum atomic E-state index is 10.8. The third kappa shape index (κ3) is 1.26. The summed E-state index contributed by atoms with van der Waals surface area (Å²) in [5, 5.41) is 0. The van der Waals surface area contributed by atoms with Crippen molar-refractivity contribution in [3.63, 3.8) is 0 Å². The molecule has 5 heteroatoms. The minimum absolute atomic E-state index is 0.332. The van der Waals surface area contributed by atoms with E-state index < -0.39 is 0 Å². The Labute approximate surface area is 72.1 Å². The van der Waals surface area contributed by atoms with Gasteiger partial charge in [-0.25, -0.2) is 14.2 Å². The minimum Gasteiger partial charge on any atom is -0.305 e. The van der Waals surface area contributed by atoms with Crippen molar-refractivity contribution in [2.75, 3.05) is 0 Å². The topological polar surface area (TPSA) is 58.6 Å². The van der Waals surface area contributed by atoms with E-state index in [2.05, 4.69) is 14.3 Å². The summed E-state index contributed by atoms with van der Waals surface area (Å²) in [7, 11) is 0. The quantitative estimate of drug-likeness (QED) is 0.707. The van der Waals surface area contributed by atoms with Crippen LogP contribution in [0.15, 0.2) is 29.3 Å². The molecule has 0 unspecified atom stereocenters. The fourth-order valence-electron chi connectivity index (χ4n) is 0.867. The van der Waals surface area contributed by atoms with Gasteiger partial charge in [-0.1, -0.05) is 0 Å². The van der Waals surface area contributed by atoms with Crippen LogP contribution in [-0.4, -0.2) is 14.3 Å². The molecule has 60 valence electrons. The molecule has 2 aromatic rings. The average Bonchev–Trinajstić information content (AvgIpc) is 2.56. The fourth-order valence-corrected chi connectivity index (χ4v) is 1.44. The van der Waals surface area contributed by atoms with Crippen LogP contribution in [0.4, 0.5) is 0 Å². The first-order chi connectivity index (χ1) is 5.86. The van der Waals surface area contributed by atoms with Crippen LogP contribution in [0.25, 0.3) is 10.6 Å². The normalized spacial score (nSPS) is 10.0. The second-order valence-electron chi connectivity index (χ2n) is 2.17. The molecular weight excluding hydrogens is 174 g/mol. The molecular formula is C7H5N3OS. The lowest BCUT2D eigenvalue weighted by molar-refractivity contribution is 1.08. The fraction of sp³-hybridized carbons (Fsp3) is 0. The summed E-state index contributed by atoms with van der Waals surface area (Å²) >= 11 is 1.34. The van der Waals surface area contributed by atoms with Gasteiger partial charge >= 0.3 is 5.69 Å². The van der Waals surface area contributed by atoms with Crippen LogP contribution in [0.2, 0.25) is 0 Å². The lowest BCUT2D eigenvalue weighted by Gasteiger charge is -1.92. The predicted octanol–water partition coefficient (Wildman–Crippen LogP) is 0.893. The number of aromatic nitrogens is 3. The smallest absolute Gasteiger partial charge is 0.305 e. The van der Waals surface area contributed by atoms with Crippen LogP contribution >= 0.6 is 11.5 Å². The molecule has 0 aromatic carbocycles. The molecule has 0 radical (unpaired) electrons. The van der Waals surface area contributed by atoms with Crippen LogP contribution < -0.4 is 5.69 Å². The highest BCUT2D eigenvalue weighted by atomic mass is 32.1. The number of rotatable bonds is 1. The van der Waals surface area contributed by atoms with Gasteiger partial charge in [0.15, 0.2) is 0 Å². The third-order valence-corrected chi connectivity index (χ3v) is 2.16. The Hall–Kier alpha value is -1.49.